The van der Waals surface area contributed by atoms with Gasteiger partial charge in [-0.2, -0.15) is 0 Å². The predicted molar refractivity (Wildman–Crippen MR) is 74.1 cm³/mol. The Hall–Kier alpha value is -1.35. The summed E-state index contributed by atoms with van der Waals surface area (Å²) in [7, 11) is 0. The van der Waals surface area contributed by atoms with E-state index in [9.17, 15) is 4.79 Å². The molecule has 1 aliphatic heterocycles. The fraction of sp³-hybridized carbons (Fsp3) is 0.562. The Morgan fingerprint density at radius 1 is 1.32 bits per heavy atom. The van der Waals surface area contributed by atoms with Crippen LogP contribution in [0.15, 0.2) is 24.3 Å². The first-order chi connectivity index (χ1) is 9.24. The monoisotopic (exact) mass is 259 g/mol. The maximum absolute atomic E-state index is 10.6. The van der Waals surface area contributed by atoms with Crippen LogP contribution in [0.4, 0.5) is 0 Å². The van der Waals surface area contributed by atoms with Crippen LogP contribution < -0.4 is 0 Å². The van der Waals surface area contributed by atoms with Gasteiger partial charge < -0.3 is 5.11 Å². The van der Waals surface area contributed by atoms with Gasteiger partial charge in [-0.1, -0.05) is 24.3 Å². The summed E-state index contributed by atoms with van der Waals surface area (Å²) in [5.74, 6) is -0.0893. The van der Waals surface area contributed by atoms with Crippen LogP contribution in [-0.2, 0) is 11.2 Å². The molecule has 19 heavy (non-hydrogen) atoms. The lowest BCUT2D eigenvalue weighted by molar-refractivity contribution is -0.137. The Morgan fingerprint density at radius 2 is 2.16 bits per heavy atom. The van der Waals surface area contributed by atoms with Crippen LogP contribution in [0.3, 0.4) is 0 Å². The Labute approximate surface area is 114 Å². The number of carboxylic acids is 1. The Kier molecular flexibility index (Phi) is 3.56. The third kappa shape index (κ3) is 2.66. The van der Waals surface area contributed by atoms with E-state index in [-0.39, 0.29) is 0 Å². The van der Waals surface area contributed by atoms with Crippen LogP contribution in [-0.4, -0.2) is 29.1 Å². The van der Waals surface area contributed by atoms with E-state index in [2.05, 4.69) is 29.2 Å². The van der Waals surface area contributed by atoms with E-state index in [1.54, 1.807) is 0 Å². The molecule has 0 saturated carbocycles. The molecule has 0 radical (unpaired) electrons. The molecule has 2 atom stereocenters. The number of aliphatic carboxylic acids is 1. The maximum atomic E-state index is 10.6. The summed E-state index contributed by atoms with van der Waals surface area (Å²) in [5, 5.41) is 8.77. The lowest BCUT2D eigenvalue weighted by atomic mass is 10.0. The number of fused-ring (bicyclic) bond motifs is 1. The first-order valence-electron chi connectivity index (χ1n) is 7.27. The van der Waals surface area contributed by atoms with Gasteiger partial charge in [-0.05, 0) is 49.3 Å². The van der Waals surface area contributed by atoms with Crippen LogP contribution in [0, 0.1) is 5.92 Å². The number of carboxylic acid groups (broad SMARTS) is 1. The highest BCUT2D eigenvalue weighted by Crippen LogP contribution is 2.38. The van der Waals surface area contributed by atoms with Gasteiger partial charge in [0.15, 0.2) is 0 Å². The molecule has 1 aromatic carbocycles. The van der Waals surface area contributed by atoms with E-state index in [1.807, 2.05) is 0 Å². The Bertz CT molecular complexity index is 472. The lowest BCUT2D eigenvalue weighted by Crippen LogP contribution is -2.25. The van der Waals surface area contributed by atoms with Crippen molar-refractivity contribution in [2.45, 2.75) is 38.1 Å². The minimum atomic E-state index is -0.662. The Morgan fingerprint density at radius 3 is 3.00 bits per heavy atom. The number of nitrogens with zero attached hydrogens (tertiary/aromatic N) is 1. The van der Waals surface area contributed by atoms with Gasteiger partial charge in [-0.15, -0.1) is 0 Å². The van der Waals surface area contributed by atoms with Gasteiger partial charge in [0.05, 0.1) is 0 Å². The van der Waals surface area contributed by atoms with Gasteiger partial charge in [0.1, 0.15) is 0 Å². The summed E-state index contributed by atoms with van der Waals surface area (Å²) in [6.07, 6.45) is 4.73. The summed E-state index contributed by atoms with van der Waals surface area (Å²) < 4.78 is 0. The quantitative estimate of drug-likeness (QED) is 0.904. The minimum Gasteiger partial charge on any atom is -0.481 e. The smallest absolute Gasteiger partial charge is 0.303 e. The van der Waals surface area contributed by atoms with Crippen molar-refractivity contribution >= 4 is 5.97 Å². The third-order valence-corrected chi connectivity index (χ3v) is 4.63. The predicted octanol–water partition coefficient (Wildman–Crippen LogP) is 2.86. The molecule has 1 aromatic rings. The molecule has 1 saturated heterocycles. The van der Waals surface area contributed by atoms with Crippen molar-refractivity contribution in [3.8, 4) is 0 Å². The first kappa shape index (κ1) is 12.7. The van der Waals surface area contributed by atoms with Crippen molar-refractivity contribution in [3.63, 3.8) is 0 Å². The molecule has 0 amide bonds. The second-order valence-corrected chi connectivity index (χ2v) is 5.84. The topological polar surface area (TPSA) is 40.5 Å². The van der Waals surface area contributed by atoms with Crippen LogP contribution in [0.2, 0.25) is 0 Å². The van der Waals surface area contributed by atoms with E-state index < -0.39 is 5.97 Å². The molecule has 1 N–H and O–H groups in total. The van der Waals surface area contributed by atoms with E-state index in [4.69, 9.17) is 5.11 Å². The molecule has 102 valence electrons. The van der Waals surface area contributed by atoms with E-state index in [0.29, 0.717) is 18.4 Å². The summed E-state index contributed by atoms with van der Waals surface area (Å²) in [6.45, 7) is 2.20. The first-order valence-corrected chi connectivity index (χ1v) is 7.27. The second-order valence-electron chi connectivity index (χ2n) is 5.84. The maximum Gasteiger partial charge on any atom is 0.303 e. The lowest BCUT2D eigenvalue weighted by Gasteiger charge is -2.24. The molecule has 3 rings (SSSR count). The highest BCUT2D eigenvalue weighted by Gasteiger charge is 2.32. The van der Waals surface area contributed by atoms with E-state index in [1.165, 1.54) is 24.0 Å². The zero-order valence-electron chi connectivity index (χ0n) is 11.2. The van der Waals surface area contributed by atoms with Gasteiger partial charge in [0, 0.05) is 19.0 Å². The van der Waals surface area contributed by atoms with Crippen molar-refractivity contribution in [2.75, 3.05) is 13.1 Å². The number of rotatable bonds is 4. The average molecular weight is 259 g/mol. The highest BCUT2D eigenvalue weighted by molar-refractivity contribution is 5.66. The van der Waals surface area contributed by atoms with Crippen LogP contribution in [0.25, 0.3) is 0 Å². The summed E-state index contributed by atoms with van der Waals surface area (Å²) in [6, 6.07) is 9.34. The molecule has 3 nitrogen and oxygen atoms in total. The molecule has 1 heterocycles. The minimum absolute atomic E-state index is 0.319. The summed E-state index contributed by atoms with van der Waals surface area (Å²) in [4.78, 5) is 13.2. The largest absolute Gasteiger partial charge is 0.481 e. The van der Waals surface area contributed by atoms with Crippen LogP contribution in [0.5, 0.6) is 0 Å². The standard InChI is InChI=1S/C16H21NO2/c18-16(19)8-5-12-9-10-17(11-12)15-7-6-13-3-1-2-4-14(13)15/h1-4,12,15H,5-11H2,(H,18,19). The molecule has 2 aliphatic rings. The fourth-order valence-electron chi connectivity index (χ4n) is 3.62. The van der Waals surface area contributed by atoms with Crippen molar-refractivity contribution in [1.82, 2.24) is 4.90 Å². The van der Waals surface area contributed by atoms with E-state index in [0.717, 1.165) is 25.9 Å². The molecule has 1 fully saturated rings. The van der Waals surface area contributed by atoms with Crippen molar-refractivity contribution in [1.29, 1.82) is 0 Å². The zero-order valence-corrected chi connectivity index (χ0v) is 11.2. The van der Waals surface area contributed by atoms with E-state index >= 15 is 0 Å². The van der Waals surface area contributed by atoms with Crippen LogP contribution >= 0.6 is 0 Å². The number of carbonyl (C=O) groups is 1. The molecule has 0 spiro atoms. The molecule has 2 unspecified atom stereocenters. The highest BCUT2D eigenvalue weighted by atomic mass is 16.4. The number of aryl methyl sites for hydroxylation is 1. The normalized spacial score (nSPS) is 26.5. The molecule has 3 heteroatoms. The number of hydrogen-bond donors (Lipinski definition) is 1. The van der Waals surface area contributed by atoms with Gasteiger partial charge in [-0.25, -0.2) is 0 Å². The zero-order chi connectivity index (χ0) is 13.2. The SMILES string of the molecule is O=C(O)CCC1CCN(C2CCc3ccccc32)C1. The number of benzene rings is 1. The van der Waals surface area contributed by atoms with Crippen LogP contribution in [0.1, 0.15) is 42.9 Å². The second kappa shape index (κ2) is 5.33. The summed E-state index contributed by atoms with van der Waals surface area (Å²) >= 11 is 0. The summed E-state index contributed by atoms with van der Waals surface area (Å²) in [5.41, 5.74) is 3.00. The van der Waals surface area contributed by atoms with Crippen molar-refractivity contribution in [3.05, 3.63) is 35.4 Å². The van der Waals surface area contributed by atoms with Crippen molar-refractivity contribution in [2.24, 2.45) is 5.92 Å². The molecule has 0 aromatic heterocycles. The number of likely N-dealkylation sites (tertiary alicyclic amines) is 1. The molecule has 1 aliphatic carbocycles. The average Bonchev–Trinajstić information content (AvgIpc) is 3.02. The van der Waals surface area contributed by atoms with Gasteiger partial charge in [0.2, 0.25) is 0 Å². The third-order valence-electron chi connectivity index (χ3n) is 4.63. The van der Waals surface area contributed by atoms with Gasteiger partial charge in [0.25, 0.3) is 0 Å². The van der Waals surface area contributed by atoms with Crippen molar-refractivity contribution < 1.29 is 9.90 Å². The Balaban J connectivity index is 1.62. The van der Waals surface area contributed by atoms with Gasteiger partial charge >= 0.3 is 5.97 Å². The molecular formula is C16H21NO2. The number of hydrogen-bond acceptors (Lipinski definition) is 2. The molecule has 0 bridgehead atoms. The fourth-order valence-corrected chi connectivity index (χ4v) is 3.62. The van der Waals surface area contributed by atoms with Gasteiger partial charge in [-0.3, -0.25) is 9.69 Å². The molecular weight excluding hydrogens is 238 g/mol.